The van der Waals surface area contributed by atoms with Crippen molar-refractivity contribution in [1.82, 2.24) is 15.5 Å². The molecule has 0 radical (unpaired) electrons. The molecule has 0 spiro atoms. The lowest BCUT2D eigenvalue weighted by atomic mass is 9.99. The number of anilines is 1. The second-order valence-electron chi connectivity index (χ2n) is 5.17. The largest absolute Gasteiger partial charge is 0.376 e. The van der Waals surface area contributed by atoms with Gasteiger partial charge in [-0.2, -0.15) is 5.10 Å². The zero-order chi connectivity index (χ0) is 15.4. The van der Waals surface area contributed by atoms with Crippen molar-refractivity contribution in [2.45, 2.75) is 25.0 Å². The Bertz CT molecular complexity index is 609. The molecule has 22 heavy (non-hydrogen) atoms. The highest BCUT2D eigenvalue weighted by Gasteiger charge is 2.28. The number of nitrogens with zero attached hydrogens (tertiary/aromatic N) is 1. The van der Waals surface area contributed by atoms with Crippen molar-refractivity contribution in [2.75, 3.05) is 11.9 Å². The lowest BCUT2D eigenvalue weighted by molar-refractivity contribution is 0.0815. The average Bonchev–Trinajstić information content (AvgIpc) is 3.19. The van der Waals surface area contributed by atoms with E-state index in [0.29, 0.717) is 12.3 Å². The first-order chi connectivity index (χ1) is 10.7. The van der Waals surface area contributed by atoms with Crippen LogP contribution in [0.25, 0.3) is 0 Å². The van der Waals surface area contributed by atoms with E-state index in [-0.39, 0.29) is 24.0 Å². The summed E-state index contributed by atoms with van der Waals surface area (Å²) in [6, 6.07) is 5.42. The van der Waals surface area contributed by atoms with Crippen LogP contribution in [0.5, 0.6) is 0 Å². The normalized spacial score (nSPS) is 18.9. The third-order valence-corrected chi connectivity index (χ3v) is 3.61. The molecule has 2 aromatic rings. The molecule has 1 aromatic heterocycles. The quantitative estimate of drug-likeness (QED) is 0.812. The number of nitrogens with one attached hydrogen (secondary N) is 3. The summed E-state index contributed by atoms with van der Waals surface area (Å²) >= 11 is 0. The molecule has 0 aliphatic carbocycles. The molecule has 3 rings (SSSR count). The minimum atomic E-state index is -0.355. The van der Waals surface area contributed by atoms with Gasteiger partial charge in [-0.25, -0.2) is 9.18 Å². The highest BCUT2D eigenvalue weighted by Crippen LogP contribution is 2.27. The SMILES string of the molecule is O=C(Nc1cn[nH]c1)NC(c1ccc(F)cc1)C1CCCO1. The average molecular weight is 304 g/mol. The van der Waals surface area contributed by atoms with Crippen molar-refractivity contribution in [2.24, 2.45) is 0 Å². The van der Waals surface area contributed by atoms with Crippen LogP contribution in [0.15, 0.2) is 36.7 Å². The fraction of sp³-hybridized carbons (Fsp3) is 0.333. The van der Waals surface area contributed by atoms with E-state index in [0.717, 1.165) is 18.4 Å². The molecule has 0 bridgehead atoms. The number of halogens is 1. The second-order valence-corrected chi connectivity index (χ2v) is 5.17. The maximum Gasteiger partial charge on any atom is 0.319 e. The van der Waals surface area contributed by atoms with Gasteiger partial charge in [-0.05, 0) is 30.5 Å². The Morgan fingerprint density at radius 3 is 2.86 bits per heavy atom. The number of ether oxygens (including phenoxy) is 1. The molecule has 1 aliphatic heterocycles. The Morgan fingerprint density at radius 2 is 2.23 bits per heavy atom. The highest BCUT2D eigenvalue weighted by atomic mass is 19.1. The van der Waals surface area contributed by atoms with Crippen molar-refractivity contribution >= 4 is 11.7 Å². The van der Waals surface area contributed by atoms with Crippen molar-refractivity contribution in [3.8, 4) is 0 Å². The molecular formula is C15H17FN4O2. The first-order valence-electron chi connectivity index (χ1n) is 7.16. The highest BCUT2D eigenvalue weighted by molar-refractivity contribution is 5.89. The molecule has 1 aliphatic rings. The number of benzene rings is 1. The summed E-state index contributed by atoms with van der Waals surface area (Å²) in [6.45, 7) is 0.674. The zero-order valence-electron chi connectivity index (χ0n) is 11.9. The third-order valence-electron chi connectivity index (χ3n) is 3.61. The molecular weight excluding hydrogens is 287 g/mol. The molecule has 6 nitrogen and oxygen atoms in total. The number of hydrogen-bond donors (Lipinski definition) is 3. The lowest BCUT2D eigenvalue weighted by Gasteiger charge is -2.24. The molecule has 2 amide bonds. The summed E-state index contributed by atoms with van der Waals surface area (Å²) in [5.41, 5.74) is 1.39. The van der Waals surface area contributed by atoms with Crippen molar-refractivity contribution < 1.29 is 13.9 Å². The summed E-state index contributed by atoms with van der Waals surface area (Å²) in [7, 11) is 0. The Labute approximate surface area is 127 Å². The molecule has 2 heterocycles. The van der Waals surface area contributed by atoms with E-state index in [2.05, 4.69) is 20.8 Å². The number of carbonyl (C=O) groups is 1. The summed E-state index contributed by atoms with van der Waals surface area (Å²) in [5.74, 6) is -0.308. The number of amides is 2. The zero-order valence-corrected chi connectivity index (χ0v) is 11.9. The molecule has 2 atom stereocenters. The fourth-order valence-electron chi connectivity index (χ4n) is 2.55. The van der Waals surface area contributed by atoms with Crippen LogP contribution in [0.4, 0.5) is 14.9 Å². The van der Waals surface area contributed by atoms with Crippen LogP contribution in [0.2, 0.25) is 0 Å². The third kappa shape index (κ3) is 3.43. The van der Waals surface area contributed by atoms with Gasteiger partial charge in [-0.1, -0.05) is 12.1 Å². The lowest BCUT2D eigenvalue weighted by Crippen LogP contribution is -2.38. The molecule has 1 fully saturated rings. The van der Waals surface area contributed by atoms with Crippen molar-refractivity contribution in [3.05, 3.63) is 48.0 Å². The topological polar surface area (TPSA) is 79.0 Å². The van der Waals surface area contributed by atoms with E-state index in [1.807, 2.05) is 0 Å². The number of H-pyrrole nitrogens is 1. The Kier molecular flexibility index (Phi) is 4.34. The van der Waals surface area contributed by atoms with Gasteiger partial charge in [0, 0.05) is 12.8 Å². The number of rotatable bonds is 4. The van der Waals surface area contributed by atoms with E-state index in [9.17, 15) is 9.18 Å². The summed E-state index contributed by atoms with van der Waals surface area (Å²) < 4.78 is 18.8. The van der Waals surface area contributed by atoms with Crippen LogP contribution >= 0.6 is 0 Å². The number of urea groups is 1. The van der Waals surface area contributed by atoms with Gasteiger partial charge in [0.1, 0.15) is 5.82 Å². The van der Waals surface area contributed by atoms with Gasteiger partial charge in [-0.3, -0.25) is 5.10 Å². The Hall–Kier alpha value is -2.41. The van der Waals surface area contributed by atoms with Gasteiger partial charge >= 0.3 is 6.03 Å². The van der Waals surface area contributed by atoms with Gasteiger partial charge in [0.05, 0.1) is 24.0 Å². The van der Waals surface area contributed by atoms with Gasteiger partial charge in [0.15, 0.2) is 0 Å². The summed E-state index contributed by atoms with van der Waals surface area (Å²) in [4.78, 5) is 12.1. The monoisotopic (exact) mass is 304 g/mol. The van der Waals surface area contributed by atoms with Gasteiger partial charge < -0.3 is 15.4 Å². The maximum absolute atomic E-state index is 13.1. The van der Waals surface area contributed by atoms with E-state index < -0.39 is 0 Å². The standard InChI is InChI=1S/C15H17FN4O2/c16-11-5-3-10(4-6-11)14(13-2-1-7-22-13)20-15(21)19-12-8-17-18-9-12/h3-6,8-9,13-14H,1-2,7H2,(H,17,18)(H2,19,20,21). The van der Waals surface area contributed by atoms with E-state index in [1.54, 1.807) is 18.3 Å². The van der Waals surface area contributed by atoms with Crippen LogP contribution in [-0.4, -0.2) is 28.9 Å². The molecule has 0 saturated carbocycles. The first-order valence-corrected chi connectivity index (χ1v) is 7.16. The first kappa shape index (κ1) is 14.5. The summed E-state index contributed by atoms with van der Waals surface area (Å²) in [6.07, 6.45) is 4.79. The van der Waals surface area contributed by atoms with Crippen LogP contribution in [0.3, 0.4) is 0 Å². The number of carbonyl (C=O) groups excluding carboxylic acids is 1. The number of hydrogen-bond acceptors (Lipinski definition) is 3. The molecule has 2 unspecified atom stereocenters. The molecule has 1 aromatic carbocycles. The number of aromatic amines is 1. The van der Waals surface area contributed by atoms with Gasteiger partial charge in [0.2, 0.25) is 0 Å². The van der Waals surface area contributed by atoms with Crippen molar-refractivity contribution in [1.29, 1.82) is 0 Å². The fourth-order valence-corrected chi connectivity index (χ4v) is 2.55. The van der Waals surface area contributed by atoms with E-state index in [4.69, 9.17) is 4.74 Å². The van der Waals surface area contributed by atoms with E-state index in [1.165, 1.54) is 18.3 Å². The minimum absolute atomic E-state index is 0.111. The predicted octanol–water partition coefficient (Wildman–Crippen LogP) is 2.59. The maximum atomic E-state index is 13.1. The molecule has 7 heteroatoms. The predicted molar refractivity (Wildman–Crippen MR) is 78.9 cm³/mol. The van der Waals surface area contributed by atoms with Crippen LogP contribution in [0, 0.1) is 5.82 Å². The van der Waals surface area contributed by atoms with E-state index >= 15 is 0 Å². The summed E-state index contributed by atoms with van der Waals surface area (Å²) in [5, 5.41) is 12.0. The Morgan fingerprint density at radius 1 is 1.41 bits per heavy atom. The second kappa shape index (κ2) is 6.57. The van der Waals surface area contributed by atoms with Gasteiger partial charge in [0.25, 0.3) is 0 Å². The minimum Gasteiger partial charge on any atom is -0.376 e. The molecule has 3 N–H and O–H groups in total. The van der Waals surface area contributed by atoms with Crippen molar-refractivity contribution in [3.63, 3.8) is 0 Å². The molecule has 116 valence electrons. The number of aromatic nitrogens is 2. The van der Waals surface area contributed by atoms with Crippen LogP contribution in [-0.2, 0) is 4.74 Å². The Balaban J connectivity index is 1.73. The smallest absolute Gasteiger partial charge is 0.319 e. The van der Waals surface area contributed by atoms with Crippen LogP contribution in [0.1, 0.15) is 24.4 Å². The molecule has 1 saturated heterocycles. The van der Waals surface area contributed by atoms with Crippen LogP contribution < -0.4 is 10.6 Å². The van der Waals surface area contributed by atoms with Gasteiger partial charge in [-0.15, -0.1) is 0 Å².